The Bertz CT molecular complexity index is 791. The minimum atomic E-state index is -0.662. The molecule has 0 saturated carbocycles. The van der Waals surface area contributed by atoms with Gasteiger partial charge in [-0.2, -0.15) is 0 Å². The second-order valence-corrected chi connectivity index (χ2v) is 5.98. The summed E-state index contributed by atoms with van der Waals surface area (Å²) >= 11 is 0. The van der Waals surface area contributed by atoms with Crippen LogP contribution in [0.5, 0.6) is 0 Å². The Morgan fingerprint density at radius 2 is 1.81 bits per heavy atom. The van der Waals surface area contributed by atoms with E-state index in [1.54, 1.807) is 11.0 Å². The molecule has 1 amide bonds. The standard InChI is InChI=1S/C18H21N3O6/c1-25-17(23)12-10-27-11-21(16(12)18(24)26-2)14-6-4-3-5-13(14)20-8-7-19-15(22)9-20/h3-6H,7-11H2,1-2H3,(H,19,22). The van der Waals surface area contributed by atoms with Gasteiger partial charge in [0.1, 0.15) is 12.4 Å². The van der Waals surface area contributed by atoms with Crippen molar-refractivity contribution in [3.8, 4) is 0 Å². The molecule has 0 aliphatic carbocycles. The van der Waals surface area contributed by atoms with Crippen molar-refractivity contribution in [2.45, 2.75) is 0 Å². The maximum atomic E-state index is 12.5. The zero-order valence-electron chi connectivity index (χ0n) is 15.2. The van der Waals surface area contributed by atoms with E-state index in [0.717, 1.165) is 5.69 Å². The molecule has 27 heavy (non-hydrogen) atoms. The van der Waals surface area contributed by atoms with Crippen LogP contribution in [-0.4, -0.2) is 65.0 Å². The van der Waals surface area contributed by atoms with Gasteiger partial charge in [-0.05, 0) is 12.1 Å². The number of esters is 2. The molecule has 1 aromatic rings. The third-order valence-electron chi connectivity index (χ3n) is 4.38. The van der Waals surface area contributed by atoms with Crippen LogP contribution >= 0.6 is 0 Å². The van der Waals surface area contributed by atoms with Crippen LogP contribution in [0.15, 0.2) is 35.5 Å². The van der Waals surface area contributed by atoms with Gasteiger partial charge in [-0.25, -0.2) is 9.59 Å². The highest BCUT2D eigenvalue weighted by atomic mass is 16.5. The molecule has 9 nitrogen and oxygen atoms in total. The van der Waals surface area contributed by atoms with Crippen LogP contribution in [0.25, 0.3) is 0 Å². The molecule has 1 saturated heterocycles. The van der Waals surface area contributed by atoms with Crippen molar-refractivity contribution in [3.63, 3.8) is 0 Å². The summed E-state index contributed by atoms with van der Waals surface area (Å²) < 4.78 is 15.2. The first-order valence-corrected chi connectivity index (χ1v) is 8.42. The van der Waals surface area contributed by atoms with Crippen molar-refractivity contribution in [3.05, 3.63) is 35.5 Å². The molecule has 1 aromatic carbocycles. The maximum absolute atomic E-state index is 12.5. The number of ether oxygens (including phenoxy) is 3. The second kappa shape index (κ2) is 8.09. The highest BCUT2D eigenvalue weighted by Gasteiger charge is 2.34. The number of benzene rings is 1. The number of hydrogen-bond donors (Lipinski definition) is 1. The number of para-hydroxylation sites is 2. The molecule has 1 fully saturated rings. The Hall–Kier alpha value is -3.07. The maximum Gasteiger partial charge on any atom is 0.355 e. The summed E-state index contributed by atoms with van der Waals surface area (Å²) in [6.45, 7) is 1.35. The molecule has 0 atom stereocenters. The summed E-state index contributed by atoms with van der Waals surface area (Å²) in [5.74, 6) is -1.40. The van der Waals surface area contributed by atoms with Crippen LogP contribution in [0.2, 0.25) is 0 Å². The summed E-state index contributed by atoms with van der Waals surface area (Å²) in [4.78, 5) is 39.9. The number of carbonyl (C=O) groups excluding carboxylic acids is 3. The van der Waals surface area contributed by atoms with E-state index < -0.39 is 11.9 Å². The Labute approximate surface area is 156 Å². The molecular weight excluding hydrogens is 354 g/mol. The first kappa shape index (κ1) is 18.7. The molecule has 0 radical (unpaired) electrons. The van der Waals surface area contributed by atoms with Crippen LogP contribution in [0.3, 0.4) is 0 Å². The SMILES string of the molecule is COC(=O)C1=C(C(=O)OC)N(c2ccccc2N2CCNC(=O)C2)COC1. The average molecular weight is 375 g/mol. The lowest BCUT2D eigenvalue weighted by atomic mass is 10.1. The van der Waals surface area contributed by atoms with Crippen molar-refractivity contribution >= 4 is 29.2 Å². The number of rotatable bonds is 4. The van der Waals surface area contributed by atoms with Gasteiger partial charge in [0.25, 0.3) is 0 Å². The third kappa shape index (κ3) is 3.72. The van der Waals surface area contributed by atoms with Crippen LogP contribution in [0.4, 0.5) is 11.4 Å². The summed E-state index contributed by atoms with van der Waals surface area (Å²) in [6.07, 6.45) is 0. The molecule has 0 aromatic heterocycles. The fourth-order valence-electron chi connectivity index (χ4n) is 3.14. The molecule has 2 aliphatic heterocycles. The normalized spacial score (nSPS) is 17.5. The zero-order chi connectivity index (χ0) is 19.4. The number of piperazine rings is 1. The topological polar surface area (TPSA) is 97.4 Å². The molecule has 3 rings (SSSR count). The number of hydrogen-bond acceptors (Lipinski definition) is 8. The number of nitrogens with zero attached hydrogens (tertiary/aromatic N) is 2. The van der Waals surface area contributed by atoms with E-state index in [-0.39, 0.29) is 37.1 Å². The fraction of sp³-hybridized carbons (Fsp3) is 0.389. The summed E-state index contributed by atoms with van der Waals surface area (Å²) in [5.41, 5.74) is 1.54. The molecule has 9 heteroatoms. The first-order valence-electron chi connectivity index (χ1n) is 8.42. The predicted molar refractivity (Wildman–Crippen MR) is 96.0 cm³/mol. The fourth-order valence-corrected chi connectivity index (χ4v) is 3.14. The molecule has 0 unspecified atom stereocenters. The Morgan fingerprint density at radius 1 is 1.11 bits per heavy atom. The van der Waals surface area contributed by atoms with Gasteiger partial charge < -0.3 is 29.3 Å². The number of nitrogens with one attached hydrogen (secondary N) is 1. The van der Waals surface area contributed by atoms with Crippen molar-refractivity contribution in [2.75, 3.05) is 57.0 Å². The molecule has 144 valence electrons. The summed E-state index contributed by atoms with van der Waals surface area (Å²) in [5, 5.41) is 2.78. The van der Waals surface area contributed by atoms with Crippen molar-refractivity contribution in [1.82, 2.24) is 5.32 Å². The number of carbonyl (C=O) groups is 3. The van der Waals surface area contributed by atoms with Gasteiger partial charge in [0.2, 0.25) is 5.91 Å². The highest BCUT2D eigenvalue weighted by Crippen LogP contribution is 2.34. The number of methoxy groups -OCH3 is 2. The second-order valence-electron chi connectivity index (χ2n) is 5.98. The monoisotopic (exact) mass is 375 g/mol. The van der Waals surface area contributed by atoms with E-state index >= 15 is 0 Å². The smallest absolute Gasteiger partial charge is 0.355 e. The lowest BCUT2D eigenvalue weighted by Crippen LogP contribution is -2.48. The molecule has 0 spiro atoms. The Balaban J connectivity index is 2.07. The van der Waals surface area contributed by atoms with Gasteiger partial charge in [-0.1, -0.05) is 12.1 Å². The molecule has 0 bridgehead atoms. The molecule has 2 aliphatic rings. The van der Waals surface area contributed by atoms with E-state index in [2.05, 4.69) is 5.32 Å². The number of amides is 1. The van der Waals surface area contributed by atoms with E-state index in [9.17, 15) is 14.4 Å². The predicted octanol–water partition coefficient (Wildman–Crippen LogP) is 0.0170. The van der Waals surface area contributed by atoms with Gasteiger partial charge >= 0.3 is 11.9 Å². The summed E-state index contributed by atoms with van der Waals surface area (Å²) in [6, 6.07) is 7.31. The average Bonchev–Trinajstić information content (AvgIpc) is 2.72. The van der Waals surface area contributed by atoms with Crippen LogP contribution < -0.4 is 15.1 Å². The van der Waals surface area contributed by atoms with Gasteiger partial charge in [0, 0.05) is 13.1 Å². The van der Waals surface area contributed by atoms with Crippen molar-refractivity contribution < 1.29 is 28.6 Å². The van der Waals surface area contributed by atoms with Crippen LogP contribution in [-0.2, 0) is 28.6 Å². The van der Waals surface area contributed by atoms with Gasteiger partial charge in [0.05, 0.1) is 44.3 Å². The molecule has 1 N–H and O–H groups in total. The Kier molecular flexibility index (Phi) is 5.60. The van der Waals surface area contributed by atoms with E-state index in [4.69, 9.17) is 14.2 Å². The Morgan fingerprint density at radius 3 is 2.48 bits per heavy atom. The van der Waals surface area contributed by atoms with Crippen molar-refractivity contribution in [1.29, 1.82) is 0 Å². The first-order chi connectivity index (χ1) is 13.1. The summed E-state index contributed by atoms with van der Waals surface area (Å²) in [7, 11) is 2.49. The molecule has 2 heterocycles. The van der Waals surface area contributed by atoms with E-state index in [0.29, 0.717) is 18.8 Å². The lowest BCUT2D eigenvalue weighted by Gasteiger charge is -2.36. The van der Waals surface area contributed by atoms with E-state index in [1.165, 1.54) is 14.2 Å². The number of anilines is 2. The van der Waals surface area contributed by atoms with Gasteiger partial charge in [0.15, 0.2) is 0 Å². The lowest BCUT2D eigenvalue weighted by molar-refractivity contribution is -0.140. The van der Waals surface area contributed by atoms with Crippen LogP contribution in [0.1, 0.15) is 0 Å². The quantitative estimate of drug-likeness (QED) is 0.736. The zero-order valence-corrected chi connectivity index (χ0v) is 15.2. The minimum Gasteiger partial charge on any atom is -0.466 e. The third-order valence-corrected chi connectivity index (χ3v) is 4.38. The van der Waals surface area contributed by atoms with Crippen LogP contribution in [0, 0.1) is 0 Å². The largest absolute Gasteiger partial charge is 0.466 e. The van der Waals surface area contributed by atoms with E-state index in [1.807, 2.05) is 23.1 Å². The molecular formula is C18H21N3O6. The van der Waals surface area contributed by atoms with Gasteiger partial charge in [-0.3, -0.25) is 4.79 Å². The van der Waals surface area contributed by atoms with Gasteiger partial charge in [-0.15, -0.1) is 0 Å². The van der Waals surface area contributed by atoms with Crippen molar-refractivity contribution in [2.24, 2.45) is 0 Å². The minimum absolute atomic E-state index is 0.0537. The highest BCUT2D eigenvalue weighted by molar-refractivity contribution is 6.04.